The van der Waals surface area contributed by atoms with Gasteiger partial charge in [0.25, 0.3) is 0 Å². The molecule has 0 aliphatic rings. The highest BCUT2D eigenvalue weighted by Crippen LogP contribution is 1.81. The third-order valence-electron chi connectivity index (χ3n) is 1.34. The summed E-state index contributed by atoms with van der Waals surface area (Å²) in [4.78, 5) is 2.38. The molecule has 11 heavy (non-hydrogen) atoms. The Balaban J connectivity index is 0. The number of hydrogen-bond donors (Lipinski definition) is 3. The zero-order chi connectivity index (χ0) is 9.28. The normalized spacial score (nSPS) is 9.00. The molecule has 0 fully saturated rings. The van der Waals surface area contributed by atoms with Gasteiger partial charge in [-0.2, -0.15) is 0 Å². The van der Waals surface area contributed by atoms with Crippen molar-refractivity contribution in [3.8, 4) is 0 Å². The minimum Gasteiger partial charge on any atom is -0.402 e. The van der Waals surface area contributed by atoms with Crippen LogP contribution >= 0.6 is 0 Å². The molecule has 5 heteroatoms. The van der Waals surface area contributed by atoms with Crippen LogP contribution < -0.4 is 0 Å². The van der Waals surface area contributed by atoms with E-state index in [1.807, 2.05) is 0 Å². The average Bonchev–Trinajstić information content (AvgIpc) is 1.90. The highest BCUT2D eigenvalue weighted by Gasteiger charge is 1.92. The largest absolute Gasteiger partial charge is 0.631 e. The first-order chi connectivity index (χ1) is 5.08. The summed E-state index contributed by atoms with van der Waals surface area (Å²) in [7, 11) is -2.17. The Kier molecular flexibility index (Phi) is 12.1. The Labute approximate surface area is 68.6 Å². The molecule has 0 aromatic carbocycles. The van der Waals surface area contributed by atoms with E-state index in [1.54, 1.807) is 0 Å². The van der Waals surface area contributed by atoms with Crippen molar-refractivity contribution in [2.45, 2.75) is 20.8 Å². The van der Waals surface area contributed by atoms with Gasteiger partial charge in [0.2, 0.25) is 0 Å². The lowest BCUT2D eigenvalue weighted by molar-refractivity contribution is 0.278. The van der Waals surface area contributed by atoms with E-state index < -0.39 is 7.32 Å². The maximum atomic E-state index is 7.17. The molecule has 0 saturated heterocycles. The monoisotopic (exact) mass is 163 g/mol. The third-order valence-corrected chi connectivity index (χ3v) is 1.34. The van der Waals surface area contributed by atoms with Crippen LogP contribution in [0.4, 0.5) is 0 Å². The topological polar surface area (TPSA) is 63.9 Å². The molecule has 0 atom stereocenters. The molecule has 68 valence electrons. The van der Waals surface area contributed by atoms with Crippen molar-refractivity contribution in [1.29, 1.82) is 0 Å². The van der Waals surface area contributed by atoms with E-state index >= 15 is 0 Å². The van der Waals surface area contributed by atoms with Crippen molar-refractivity contribution in [3.05, 3.63) is 0 Å². The van der Waals surface area contributed by atoms with Crippen LogP contribution in [0.3, 0.4) is 0 Å². The maximum absolute atomic E-state index is 7.17. The lowest BCUT2D eigenvalue weighted by atomic mass is 10.3. The Hall–Kier alpha value is -0.0951. The molecule has 0 aliphatic carbocycles. The van der Waals surface area contributed by atoms with Gasteiger partial charge in [0.15, 0.2) is 0 Å². The first-order valence-electron chi connectivity index (χ1n) is 3.84. The molecule has 4 nitrogen and oxygen atoms in total. The average molecular weight is 163 g/mol. The van der Waals surface area contributed by atoms with Crippen LogP contribution in [0.15, 0.2) is 0 Å². The summed E-state index contributed by atoms with van der Waals surface area (Å²) in [5, 5.41) is 21.5. The van der Waals surface area contributed by atoms with Crippen molar-refractivity contribution < 1.29 is 15.1 Å². The highest BCUT2D eigenvalue weighted by molar-refractivity contribution is 6.30. The Morgan fingerprint density at radius 3 is 1.09 bits per heavy atom. The summed E-state index contributed by atoms with van der Waals surface area (Å²) in [5.74, 6) is 0. The molecule has 0 heterocycles. The summed E-state index contributed by atoms with van der Waals surface area (Å²) in [6.07, 6.45) is 0. The third kappa shape index (κ3) is 17.8. The second-order valence-corrected chi connectivity index (χ2v) is 1.97. The molecule has 3 N–H and O–H groups in total. The molecule has 0 saturated carbocycles. The highest BCUT2D eigenvalue weighted by atomic mass is 16.5. The van der Waals surface area contributed by atoms with Gasteiger partial charge in [0.1, 0.15) is 0 Å². The molecule has 0 aliphatic heterocycles. The molecule has 0 radical (unpaired) electrons. The van der Waals surface area contributed by atoms with Crippen LogP contribution in [-0.4, -0.2) is 46.9 Å². The van der Waals surface area contributed by atoms with E-state index in [1.165, 1.54) is 19.6 Å². The van der Waals surface area contributed by atoms with E-state index in [0.29, 0.717) is 0 Å². The fourth-order valence-electron chi connectivity index (χ4n) is 0.671. The molecule has 0 spiro atoms. The second-order valence-electron chi connectivity index (χ2n) is 1.97. The van der Waals surface area contributed by atoms with Crippen molar-refractivity contribution in [2.24, 2.45) is 0 Å². The molecule has 0 rings (SSSR count). The first-order valence-corrected chi connectivity index (χ1v) is 3.84. The summed E-state index contributed by atoms with van der Waals surface area (Å²) >= 11 is 0. The van der Waals surface area contributed by atoms with Crippen LogP contribution in [0.25, 0.3) is 0 Å². The van der Waals surface area contributed by atoms with E-state index in [2.05, 4.69) is 25.7 Å². The number of hydrogen-bond acceptors (Lipinski definition) is 4. The maximum Gasteiger partial charge on any atom is 0.631 e. The van der Waals surface area contributed by atoms with Gasteiger partial charge in [-0.05, 0) is 19.6 Å². The van der Waals surface area contributed by atoms with E-state index in [-0.39, 0.29) is 0 Å². The lowest BCUT2D eigenvalue weighted by Gasteiger charge is -2.13. The van der Waals surface area contributed by atoms with Crippen LogP contribution in [0.5, 0.6) is 0 Å². The Morgan fingerprint density at radius 2 is 1.09 bits per heavy atom. The molecule has 0 aromatic heterocycles. The zero-order valence-electron chi connectivity index (χ0n) is 7.49. The van der Waals surface area contributed by atoms with Crippen LogP contribution in [0, 0.1) is 0 Å². The summed E-state index contributed by atoms with van der Waals surface area (Å²) in [6.45, 7) is 10.1. The predicted molar refractivity (Wildman–Crippen MR) is 45.9 cm³/mol. The van der Waals surface area contributed by atoms with Gasteiger partial charge < -0.3 is 20.0 Å². The van der Waals surface area contributed by atoms with E-state index in [0.717, 1.165) is 0 Å². The van der Waals surface area contributed by atoms with Crippen molar-refractivity contribution >= 4 is 7.32 Å². The van der Waals surface area contributed by atoms with Crippen molar-refractivity contribution in [1.82, 2.24) is 4.90 Å². The van der Waals surface area contributed by atoms with Crippen molar-refractivity contribution in [3.63, 3.8) is 0 Å². The second kappa shape index (κ2) is 9.90. The molecule has 0 aromatic rings. The fraction of sp³-hybridized carbons (Fsp3) is 1.00. The van der Waals surface area contributed by atoms with Gasteiger partial charge in [-0.25, -0.2) is 0 Å². The summed E-state index contributed by atoms with van der Waals surface area (Å²) < 4.78 is 0. The smallest absolute Gasteiger partial charge is 0.402 e. The van der Waals surface area contributed by atoms with E-state index in [9.17, 15) is 0 Å². The van der Waals surface area contributed by atoms with Crippen LogP contribution in [0.2, 0.25) is 0 Å². The van der Waals surface area contributed by atoms with E-state index in [4.69, 9.17) is 15.1 Å². The predicted octanol–water partition coefficient (Wildman–Crippen LogP) is -0.704. The number of nitrogens with zero attached hydrogens (tertiary/aromatic N) is 1. The molecule has 0 unspecified atom stereocenters. The van der Waals surface area contributed by atoms with Crippen LogP contribution in [-0.2, 0) is 0 Å². The summed E-state index contributed by atoms with van der Waals surface area (Å²) in [6, 6.07) is 0. The zero-order valence-corrected chi connectivity index (χ0v) is 7.49. The van der Waals surface area contributed by atoms with Gasteiger partial charge in [-0.3, -0.25) is 0 Å². The number of rotatable bonds is 3. The standard InChI is InChI=1S/C6H15N.BH3O3/c1-4-7(5-2)6-3;2-1(3)4/h4-6H2,1-3H3;2-4H. The minimum absolute atomic E-state index is 1.19. The van der Waals surface area contributed by atoms with Gasteiger partial charge in [-0.1, -0.05) is 20.8 Å². The first kappa shape index (κ1) is 13.5. The lowest BCUT2D eigenvalue weighted by Crippen LogP contribution is -2.21. The quantitative estimate of drug-likeness (QED) is 0.481. The molecular formula is C6H18BNO3. The fourth-order valence-corrected chi connectivity index (χ4v) is 0.671. The van der Waals surface area contributed by atoms with Gasteiger partial charge in [0.05, 0.1) is 0 Å². The van der Waals surface area contributed by atoms with Gasteiger partial charge in [0, 0.05) is 0 Å². The summed E-state index contributed by atoms with van der Waals surface area (Å²) in [5.41, 5.74) is 0. The minimum atomic E-state index is -2.17. The molecule has 0 amide bonds. The molecule has 0 bridgehead atoms. The SMILES string of the molecule is CCN(CC)CC.OB(O)O. The Bertz CT molecular complexity index is 60.6. The van der Waals surface area contributed by atoms with Gasteiger partial charge >= 0.3 is 7.32 Å². The van der Waals surface area contributed by atoms with Crippen molar-refractivity contribution in [2.75, 3.05) is 19.6 Å². The van der Waals surface area contributed by atoms with Gasteiger partial charge in [-0.15, -0.1) is 0 Å². The Morgan fingerprint density at radius 1 is 0.909 bits per heavy atom. The van der Waals surface area contributed by atoms with Crippen LogP contribution in [0.1, 0.15) is 20.8 Å². The molecular weight excluding hydrogens is 145 g/mol.